The van der Waals surface area contributed by atoms with Gasteiger partial charge in [-0.2, -0.15) is 0 Å². The van der Waals surface area contributed by atoms with Gasteiger partial charge in [-0.15, -0.1) is 0 Å². The largest absolute Gasteiger partial charge is 0.379 e. The number of primary amides is 1. The predicted octanol–water partition coefficient (Wildman–Crippen LogP) is 4.69. The second-order valence-electron chi connectivity index (χ2n) is 20.2. The fourth-order valence-corrected chi connectivity index (χ4v) is 8.63. The highest BCUT2D eigenvalue weighted by Gasteiger charge is 2.40. The van der Waals surface area contributed by atoms with Crippen LogP contribution in [0.1, 0.15) is 88.6 Å². The Labute approximate surface area is 460 Å². The fraction of sp³-hybridized carbons (Fsp3) is 0.474. The zero-order valence-corrected chi connectivity index (χ0v) is 45.9. The Balaban J connectivity index is 1.14. The standard InChI is InChI=1S/C57H75F2N9O11/c1-38(2)51(64-48(70)22-27-76-29-31-78-33-34-79-32-30-77-28-24-62-47(69)21-26-66-49(71)19-20-50(66)72)56(75)68(39(3)53(61)73)43-16-13-41(14-17-43)55(74)67(25-10-23-60)52(57(4,5)6)54-63-46(44-35-42(58)15-18-45(44)59)37-65(54)36-40-11-8-7-9-12-40/h7-9,11-20,35,37-39,51-52H,10,21-34,36,60H2,1-6H3,(H2,61,73)(H,62,69)(H,64,70)/t39-,51-,52-/m0/s1. The quantitative estimate of drug-likeness (QED) is 0.0374. The van der Waals surface area contributed by atoms with Gasteiger partial charge < -0.3 is 50.5 Å². The maximum Gasteiger partial charge on any atom is 0.254 e. The number of nitrogens with two attached hydrogens (primary N) is 2. The van der Waals surface area contributed by atoms with Gasteiger partial charge in [-0.05, 0) is 79.3 Å². The molecule has 79 heavy (non-hydrogen) atoms. The molecule has 4 aromatic rings. The van der Waals surface area contributed by atoms with Gasteiger partial charge >= 0.3 is 0 Å². The predicted molar refractivity (Wildman–Crippen MR) is 291 cm³/mol. The summed E-state index contributed by atoms with van der Waals surface area (Å²) in [6.45, 7) is 13.8. The van der Waals surface area contributed by atoms with Gasteiger partial charge in [0.05, 0.1) is 64.6 Å². The summed E-state index contributed by atoms with van der Waals surface area (Å²) >= 11 is 0. The van der Waals surface area contributed by atoms with Gasteiger partial charge in [0, 0.05) is 74.2 Å². The summed E-state index contributed by atoms with van der Waals surface area (Å²) in [6, 6.07) is 15.9. The first-order chi connectivity index (χ1) is 37.7. The summed E-state index contributed by atoms with van der Waals surface area (Å²) in [5.41, 5.74) is 12.7. The van der Waals surface area contributed by atoms with Crippen molar-refractivity contribution in [2.24, 2.45) is 22.8 Å². The summed E-state index contributed by atoms with van der Waals surface area (Å²) in [4.78, 5) is 99.3. The van der Waals surface area contributed by atoms with Crippen molar-refractivity contribution in [1.82, 2.24) is 30.0 Å². The number of carbonyl (C=O) groups excluding carboxylic acids is 7. The molecule has 7 amide bonds. The topological polar surface area (TPSA) is 260 Å². The average Bonchev–Trinajstić information content (AvgIpc) is 4.20. The molecule has 1 aliphatic rings. The minimum atomic E-state index is -1.16. The van der Waals surface area contributed by atoms with Crippen LogP contribution in [0.5, 0.6) is 0 Å². The third-order valence-electron chi connectivity index (χ3n) is 12.7. The monoisotopic (exact) mass is 1100 g/mol. The fourth-order valence-electron chi connectivity index (χ4n) is 8.63. The Kier molecular flexibility index (Phi) is 24.4. The number of carbonyl (C=O) groups is 7. The van der Waals surface area contributed by atoms with E-state index in [9.17, 15) is 38.0 Å². The minimum absolute atomic E-state index is 0.00194. The van der Waals surface area contributed by atoms with E-state index < -0.39 is 76.5 Å². The van der Waals surface area contributed by atoms with E-state index in [2.05, 4.69) is 10.6 Å². The number of halogens is 2. The summed E-state index contributed by atoms with van der Waals surface area (Å²) in [5, 5.41) is 5.45. The highest BCUT2D eigenvalue weighted by molar-refractivity contribution is 6.13. The van der Waals surface area contributed by atoms with Gasteiger partial charge in [-0.3, -0.25) is 43.4 Å². The SMILES string of the molecule is CC(C)[C@H](NC(=O)CCOCCOCCOCCOCCNC(=O)CCN1C(=O)C=CC1=O)C(=O)N(c1ccc(C(=O)N(CCCN)[C@@H](c2nc(-c3cc(F)ccc3F)cn2Cc2ccccc2)C(C)(C)C)cc1)[C@@H](C)C(N)=O. The molecule has 3 atom stereocenters. The lowest BCUT2D eigenvalue weighted by Crippen LogP contribution is -2.56. The van der Waals surface area contributed by atoms with Crippen LogP contribution < -0.4 is 27.0 Å². The van der Waals surface area contributed by atoms with Gasteiger partial charge in [-0.25, -0.2) is 13.8 Å². The summed E-state index contributed by atoms with van der Waals surface area (Å²) in [6.07, 6.45) is 4.34. The molecule has 0 bridgehead atoms. The van der Waals surface area contributed by atoms with Crippen molar-refractivity contribution in [3.8, 4) is 11.3 Å². The average molecular weight is 1100 g/mol. The third kappa shape index (κ3) is 18.7. The molecule has 1 aliphatic heterocycles. The third-order valence-corrected chi connectivity index (χ3v) is 12.7. The van der Waals surface area contributed by atoms with Crippen LogP contribution in [-0.4, -0.2) is 152 Å². The summed E-state index contributed by atoms with van der Waals surface area (Å²) in [7, 11) is 0. The van der Waals surface area contributed by atoms with Crippen LogP contribution >= 0.6 is 0 Å². The van der Waals surface area contributed by atoms with Crippen LogP contribution in [0.2, 0.25) is 0 Å². The number of anilines is 1. The smallest absolute Gasteiger partial charge is 0.254 e. The summed E-state index contributed by atoms with van der Waals surface area (Å²) in [5.74, 6) is -4.71. The van der Waals surface area contributed by atoms with Crippen LogP contribution in [0.4, 0.5) is 14.5 Å². The number of hydrogen-bond donors (Lipinski definition) is 4. The lowest BCUT2D eigenvalue weighted by Gasteiger charge is -2.40. The van der Waals surface area contributed by atoms with Crippen molar-refractivity contribution >= 4 is 47.0 Å². The van der Waals surface area contributed by atoms with E-state index >= 15 is 4.39 Å². The Bertz CT molecular complexity index is 2700. The number of imidazole rings is 1. The number of nitrogens with one attached hydrogen (secondary N) is 2. The Morgan fingerprint density at radius 1 is 0.772 bits per heavy atom. The molecule has 428 valence electrons. The zero-order valence-electron chi connectivity index (χ0n) is 45.9. The van der Waals surface area contributed by atoms with E-state index in [1.807, 2.05) is 55.7 Å². The number of imide groups is 1. The molecule has 3 aromatic carbocycles. The molecular weight excluding hydrogens is 1020 g/mol. The number of ether oxygens (including phenoxy) is 4. The van der Waals surface area contributed by atoms with Gasteiger partial charge in [0.2, 0.25) is 17.7 Å². The van der Waals surface area contributed by atoms with E-state index in [1.165, 1.54) is 36.1 Å². The summed E-state index contributed by atoms with van der Waals surface area (Å²) < 4.78 is 53.8. The van der Waals surface area contributed by atoms with Gasteiger partial charge in [0.25, 0.3) is 23.6 Å². The normalized spacial score (nSPS) is 13.6. The lowest BCUT2D eigenvalue weighted by molar-refractivity contribution is -0.137. The van der Waals surface area contributed by atoms with Crippen molar-refractivity contribution < 1.29 is 61.3 Å². The molecule has 0 aliphatic carbocycles. The van der Waals surface area contributed by atoms with E-state index in [-0.39, 0.29) is 100 Å². The first-order valence-corrected chi connectivity index (χ1v) is 26.4. The highest BCUT2D eigenvalue weighted by atomic mass is 19.1. The van der Waals surface area contributed by atoms with E-state index in [0.29, 0.717) is 38.6 Å². The highest BCUT2D eigenvalue weighted by Crippen LogP contribution is 2.40. The molecule has 0 saturated carbocycles. The molecule has 0 radical (unpaired) electrons. The van der Waals surface area contributed by atoms with Gasteiger partial charge in [0.1, 0.15) is 29.5 Å². The molecule has 20 nitrogen and oxygen atoms in total. The number of hydrogen-bond acceptors (Lipinski definition) is 13. The lowest BCUT2D eigenvalue weighted by atomic mass is 9.84. The van der Waals surface area contributed by atoms with Crippen LogP contribution in [0, 0.1) is 23.0 Å². The molecular formula is C57H75F2N9O11. The Morgan fingerprint density at radius 3 is 1.96 bits per heavy atom. The molecule has 5 rings (SSSR count). The molecule has 0 spiro atoms. The van der Waals surface area contributed by atoms with Crippen molar-refractivity contribution in [2.45, 2.75) is 85.5 Å². The maximum absolute atomic E-state index is 15.3. The molecule has 6 N–H and O–H groups in total. The van der Waals surface area contributed by atoms with Crippen molar-refractivity contribution in [3.63, 3.8) is 0 Å². The molecule has 1 aromatic heterocycles. The van der Waals surface area contributed by atoms with Crippen LogP contribution in [-0.2, 0) is 54.3 Å². The Hall–Kier alpha value is -7.24. The zero-order chi connectivity index (χ0) is 57.6. The van der Waals surface area contributed by atoms with E-state index in [4.69, 9.17) is 35.4 Å². The van der Waals surface area contributed by atoms with E-state index in [0.717, 1.165) is 28.7 Å². The number of benzene rings is 3. The second-order valence-corrected chi connectivity index (χ2v) is 20.2. The number of aromatic nitrogens is 2. The molecule has 0 saturated heterocycles. The maximum atomic E-state index is 15.3. The molecule has 2 heterocycles. The van der Waals surface area contributed by atoms with Gasteiger partial charge in [0.15, 0.2) is 0 Å². The van der Waals surface area contributed by atoms with E-state index in [1.54, 1.807) is 37.1 Å². The number of nitrogens with zero attached hydrogens (tertiary/aromatic N) is 5. The number of amides is 7. The van der Waals surface area contributed by atoms with Crippen LogP contribution in [0.25, 0.3) is 11.3 Å². The first-order valence-electron chi connectivity index (χ1n) is 26.4. The van der Waals surface area contributed by atoms with Gasteiger partial charge in [-0.1, -0.05) is 65.0 Å². The van der Waals surface area contributed by atoms with Crippen LogP contribution in [0.3, 0.4) is 0 Å². The van der Waals surface area contributed by atoms with Crippen molar-refractivity contribution in [2.75, 3.05) is 83.9 Å². The Morgan fingerprint density at radius 2 is 1.38 bits per heavy atom. The minimum Gasteiger partial charge on any atom is -0.379 e. The second kappa shape index (κ2) is 30.8. The van der Waals surface area contributed by atoms with Crippen LogP contribution in [0.15, 0.2) is 91.1 Å². The molecule has 0 unspecified atom stereocenters. The first kappa shape index (κ1) is 62.6. The molecule has 0 fully saturated rings. The van der Waals surface area contributed by atoms with Crippen molar-refractivity contribution in [3.05, 3.63) is 120 Å². The molecule has 22 heteroatoms. The number of rotatable bonds is 33. The van der Waals surface area contributed by atoms with Crippen molar-refractivity contribution in [1.29, 1.82) is 0 Å².